The van der Waals surface area contributed by atoms with E-state index in [4.69, 9.17) is 0 Å². The van der Waals surface area contributed by atoms with E-state index in [1.807, 2.05) is 10.8 Å². The summed E-state index contributed by atoms with van der Waals surface area (Å²) < 4.78 is 2.02. The first-order chi connectivity index (χ1) is 11.2. The van der Waals surface area contributed by atoms with Crippen LogP contribution >= 0.6 is 0 Å². The van der Waals surface area contributed by atoms with Gasteiger partial charge in [-0.05, 0) is 30.9 Å². The van der Waals surface area contributed by atoms with E-state index in [0.29, 0.717) is 17.3 Å². The van der Waals surface area contributed by atoms with E-state index >= 15 is 0 Å². The molecule has 1 amide bonds. The predicted molar refractivity (Wildman–Crippen MR) is 86.0 cm³/mol. The van der Waals surface area contributed by atoms with Gasteiger partial charge in [0.05, 0.1) is 24.0 Å². The van der Waals surface area contributed by atoms with E-state index in [9.17, 15) is 9.90 Å². The number of imidazole rings is 1. The Hall–Kier alpha value is -2.41. The van der Waals surface area contributed by atoms with Crippen molar-refractivity contribution in [1.82, 2.24) is 19.9 Å². The number of hydrogen-bond acceptors (Lipinski definition) is 5. The zero-order valence-electron chi connectivity index (χ0n) is 13.0. The molecule has 1 aliphatic carbocycles. The zero-order valence-corrected chi connectivity index (χ0v) is 13.0. The summed E-state index contributed by atoms with van der Waals surface area (Å²) in [7, 11) is 1.59. The summed E-state index contributed by atoms with van der Waals surface area (Å²) in [4.78, 5) is 20.2. The number of hydrogen-bond donors (Lipinski definition) is 3. The molecule has 2 heterocycles. The van der Waals surface area contributed by atoms with Gasteiger partial charge < -0.3 is 20.3 Å². The van der Waals surface area contributed by atoms with Gasteiger partial charge in [-0.2, -0.15) is 0 Å². The van der Waals surface area contributed by atoms with Crippen molar-refractivity contribution < 1.29 is 9.90 Å². The summed E-state index contributed by atoms with van der Waals surface area (Å²) in [5.74, 6) is 0.686. The number of carbonyl (C=O) groups is 1. The molecule has 1 saturated carbocycles. The summed E-state index contributed by atoms with van der Waals surface area (Å²) in [6, 6.07) is 3.34. The highest BCUT2D eigenvalue weighted by atomic mass is 16.3. The van der Waals surface area contributed by atoms with E-state index in [-0.39, 0.29) is 11.9 Å². The second-order valence-electron chi connectivity index (χ2n) is 5.89. The highest BCUT2D eigenvalue weighted by Crippen LogP contribution is 2.30. The van der Waals surface area contributed by atoms with Crippen molar-refractivity contribution in [3.8, 4) is 0 Å². The van der Waals surface area contributed by atoms with Crippen molar-refractivity contribution in [3.05, 3.63) is 42.6 Å². The van der Waals surface area contributed by atoms with Crippen molar-refractivity contribution in [1.29, 1.82) is 0 Å². The van der Waals surface area contributed by atoms with Crippen molar-refractivity contribution in [2.45, 2.75) is 31.5 Å². The van der Waals surface area contributed by atoms with Gasteiger partial charge in [-0.15, -0.1) is 0 Å². The van der Waals surface area contributed by atoms with Gasteiger partial charge in [0.25, 0.3) is 5.91 Å². The van der Waals surface area contributed by atoms with E-state index in [2.05, 4.69) is 20.6 Å². The smallest absolute Gasteiger partial charge is 0.254 e. The molecule has 2 aromatic rings. The first-order valence-corrected chi connectivity index (χ1v) is 7.75. The van der Waals surface area contributed by atoms with Gasteiger partial charge in [0.15, 0.2) is 0 Å². The number of aliphatic hydroxyl groups is 1. The standard InChI is InChI=1S/C16H21N5O2/c1-17-16(23)12-3-2-4-19-15(12)20-13-7-11(8-14(13)22)9-21-6-5-18-10-21/h2-6,10-11,13-14,22H,7-9H2,1H3,(H,17,23)(H,19,20)/t11?,13-,14-/m1/s1. The van der Waals surface area contributed by atoms with Crippen molar-refractivity contribution in [2.24, 2.45) is 5.92 Å². The number of amides is 1. The fraction of sp³-hybridized carbons (Fsp3) is 0.438. The third kappa shape index (κ3) is 3.50. The second-order valence-corrected chi connectivity index (χ2v) is 5.89. The van der Waals surface area contributed by atoms with E-state index in [1.165, 1.54) is 0 Å². The van der Waals surface area contributed by atoms with Crippen LogP contribution in [0.5, 0.6) is 0 Å². The highest BCUT2D eigenvalue weighted by molar-refractivity contribution is 5.98. The lowest BCUT2D eigenvalue weighted by atomic mass is 10.1. The van der Waals surface area contributed by atoms with Gasteiger partial charge in [0, 0.05) is 32.2 Å². The number of aromatic nitrogens is 3. The highest BCUT2D eigenvalue weighted by Gasteiger charge is 2.33. The van der Waals surface area contributed by atoms with E-state index in [1.54, 1.807) is 37.9 Å². The van der Waals surface area contributed by atoms with Crippen LogP contribution < -0.4 is 10.6 Å². The molecule has 122 valence electrons. The number of rotatable bonds is 5. The Morgan fingerprint density at radius 3 is 3.04 bits per heavy atom. The SMILES string of the molecule is CNC(=O)c1cccnc1N[C@@H]1CC(Cn2ccnc2)C[C@H]1O. The fourth-order valence-electron chi connectivity index (χ4n) is 3.13. The van der Waals surface area contributed by atoms with Crippen molar-refractivity contribution >= 4 is 11.7 Å². The third-order valence-corrected chi connectivity index (χ3v) is 4.26. The number of pyridine rings is 1. The Morgan fingerprint density at radius 2 is 2.30 bits per heavy atom. The maximum Gasteiger partial charge on any atom is 0.254 e. The van der Waals surface area contributed by atoms with Crippen molar-refractivity contribution in [2.75, 3.05) is 12.4 Å². The van der Waals surface area contributed by atoms with Crippen LogP contribution in [0.1, 0.15) is 23.2 Å². The molecule has 1 unspecified atom stereocenters. The molecular weight excluding hydrogens is 294 g/mol. The molecule has 0 saturated heterocycles. The maximum absolute atomic E-state index is 11.9. The molecule has 23 heavy (non-hydrogen) atoms. The van der Waals surface area contributed by atoms with Gasteiger partial charge in [-0.25, -0.2) is 9.97 Å². The molecule has 1 aliphatic rings. The number of carbonyl (C=O) groups excluding carboxylic acids is 1. The number of aliphatic hydroxyl groups excluding tert-OH is 1. The summed E-state index contributed by atoms with van der Waals surface area (Å²) in [6.07, 6.45) is 8.19. The molecule has 3 rings (SSSR count). The molecule has 7 nitrogen and oxygen atoms in total. The molecule has 3 atom stereocenters. The third-order valence-electron chi connectivity index (χ3n) is 4.26. The van der Waals surface area contributed by atoms with Gasteiger partial charge in [-0.1, -0.05) is 0 Å². The lowest BCUT2D eigenvalue weighted by molar-refractivity contribution is 0.0963. The fourth-order valence-corrected chi connectivity index (χ4v) is 3.13. The van der Waals surface area contributed by atoms with Crippen LogP contribution in [-0.4, -0.2) is 44.7 Å². The Bertz CT molecular complexity index is 658. The average molecular weight is 315 g/mol. The van der Waals surface area contributed by atoms with Crippen LogP contribution in [0.3, 0.4) is 0 Å². The monoisotopic (exact) mass is 315 g/mol. The minimum absolute atomic E-state index is 0.109. The summed E-state index contributed by atoms with van der Waals surface area (Å²) in [5.41, 5.74) is 0.486. The molecule has 7 heteroatoms. The van der Waals surface area contributed by atoms with Gasteiger partial charge in [-0.3, -0.25) is 4.79 Å². The summed E-state index contributed by atoms with van der Waals surface area (Å²) in [6.45, 7) is 0.833. The van der Waals surface area contributed by atoms with Gasteiger partial charge in [0.2, 0.25) is 0 Å². The zero-order chi connectivity index (χ0) is 16.2. The first-order valence-electron chi connectivity index (χ1n) is 7.75. The molecule has 0 aromatic carbocycles. The molecule has 0 bridgehead atoms. The van der Waals surface area contributed by atoms with Gasteiger partial charge in [0.1, 0.15) is 5.82 Å². The normalized spacial score (nSPS) is 23.7. The number of nitrogens with zero attached hydrogens (tertiary/aromatic N) is 3. The largest absolute Gasteiger partial charge is 0.391 e. The number of anilines is 1. The molecule has 2 aromatic heterocycles. The molecule has 0 radical (unpaired) electrons. The van der Waals surface area contributed by atoms with Crippen LogP contribution in [0.2, 0.25) is 0 Å². The molecule has 3 N–H and O–H groups in total. The quantitative estimate of drug-likeness (QED) is 0.762. The van der Waals surface area contributed by atoms with Crippen LogP contribution in [0, 0.1) is 5.92 Å². The second kappa shape index (κ2) is 6.78. The minimum Gasteiger partial charge on any atom is -0.391 e. The Balaban J connectivity index is 1.68. The molecule has 0 spiro atoms. The maximum atomic E-state index is 11.9. The van der Waals surface area contributed by atoms with Crippen LogP contribution in [0.4, 0.5) is 5.82 Å². The van der Waals surface area contributed by atoms with Crippen molar-refractivity contribution in [3.63, 3.8) is 0 Å². The Morgan fingerprint density at radius 1 is 1.43 bits per heavy atom. The van der Waals surface area contributed by atoms with Crippen LogP contribution in [-0.2, 0) is 6.54 Å². The molecule has 1 fully saturated rings. The Kier molecular flexibility index (Phi) is 4.57. The molecular formula is C16H21N5O2. The van der Waals surface area contributed by atoms with Gasteiger partial charge >= 0.3 is 0 Å². The van der Waals surface area contributed by atoms with Crippen LogP contribution in [0.15, 0.2) is 37.1 Å². The predicted octanol–water partition coefficient (Wildman–Crippen LogP) is 0.889. The summed E-state index contributed by atoms with van der Waals surface area (Å²) in [5, 5.41) is 16.2. The van der Waals surface area contributed by atoms with Crippen LogP contribution in [0.25, 0.3) is 0 Å². The first kappa shape index (κ1) is 15.5. The lowest BCUT2D eigenvalue weighted by Crippen LogP contribution is -2.30. The lowest BCUT2D eigenvalue weighted by Gasteiger charge is -2.18. The average Bonchev–Trinajstić information content (AvgIpc) is 3.18. The number of nitrogens with one attached hydrogen (secondary N) is 2. The Labute approximate surface area is 134 Å². The van der Waals surface area contributed by atoms with E-state index < -0.39 is 6.10 Å². The summed E-state index contributed by atoms with van der Waals surface area (Å²) >= 11 is 0. The topological polar surface area (TPSA) is 92.1 Å². The molecule has 0 aliphatic heterocycles. The minimum atomic E-state index is -0.455. The van der Waals surface area contributed by atoms with E-state index in [0.717, 1.165) is 19.4 Å².